The first-order valence-electron chi connectivity index (χ1n) is 15.0. The second-order valence-corrected chi connectivity index (χ2v) is 11.9. The van der Waals surface area contributed by atoms with Crippen molar-refractivity contribution >= 4 is 52.7 Å². The van der Waals surface area contributed by atoms with E-state index in [1.165, 1.54) is 18.7 Å². The molecule has 3 amide bonds. The van der Waals surface area contributed by atoms with Crippen molar-refractivity contribution in [3.8, 4) is 0 Å². The Morgan fingerprint density at radius 1 is 0.638 bits per heavy atom. The summed E-state index contributed by atoms with van der Waals surface area (Å²) >= 11 is 1.37. The molecule has 1 unspecified atom stereocenters. The van der Waals surface area contributed by atoms with Gasteiger partial charge in [-0.2, -0.15) is 0 Å². The van der Waals surface area contributed by atoms with Crippen LogP contribution in [0.1, 0.15) is 49.6 Å². The molecule has 5 aromatic rings. The van der Waals surface area contributed by atoms with Gasteiger partial charge in [-0.3, -0.25) is 19.2 Å². The summed E-state index contributed by atoms with van der Waals surface area (Å²) in [7, 11) is 0. The monoisotopic (exact) mass is 639 g/mol. The summed E-state index contributed by atoms with van der Waals surface area (Å²) < 4.78 is 0. The molecule has 5 rings (SSSR count). The highest BCUT2D eigenvalue weighted by Crippen LogP contribution is 2.37. The third-order valence-corrected chi connectivity index (χ3v) is 8.55. The van der Waals surface area contributed by atoms with Gasteiger partial charge in [-0.15, -0.1) is 11.8 Å². The number of Topliss-reactive ketones (excluding diaryl/α,β-unsaturated/α-hetero) is 1. The molecule has 0 aliphatic rings. The van der Waals surface area contributed by atoms with Crippen LogP contribution in [0, 0.1) is 6.92 Å². The predicted octanol–water partition coefficient (Wildman–Crippen LogP) is 8.08. The zero-order chi connectivity index (χ0) is 33.2. The minimum Gasteiger partial charge on any atom is -0.325 e. The van der Waals surface area contributed by atoms with E-state index >= 15 is 0 Å². The van der Waals surface area contributed by atoms with Gasteiger partial charge in [0.2, 0.25) is 5.91 Å². The molecule has 0 saturated heterocycles. The molecular formula is C39H33N3O4S. The van der Waals surface area contributed by atoms with Crippen molar-refractivity contribution in [2.75, 3.05) is 10.6 Å². The number of amides is 3. The Bertz CT molecular complexity index is 1910. The Kier molecular flexibility index (Phi) is 10.8. The van der Waals surface area contributed by atoms with Crippen LogP contribution in [-0.2, 0) is 9.59 Å². The minimum absolute atomic E-state index is 0.0456. The fraction of sp³-hybridized carbons (Fsp3) is 0.0769. The van der Waals surface area contributed by atoms with Gasteiger partial charge < -0.3 is 16.0 Å². The van der Waals surface area contributed by atoms with Gasteiger partial charge in [0.1, 0.15) is 10.9 Å². The van der Waals surface area contributed by atoms with Crippen LogP contribution >= 0.6 is 11.8 Å². The number of carbonyl (C=O) groups is 4. The maximum Gasteiger partial charge on any atom is 0.272 e. The fourth-order valence-corrected chi connectivity index (χ4v) is 5.72. The number of nitrogens with one attached hydrogen (secondary N) is 3. The lowest BCUT2D eigenvalue weighted by Crippen LogP contribution is -2.30. The van der Waals surface area contributed by atoms with Crippen molar-refractivity contribution in [3.05, 3.63) is 167 Å². The summed E-state index contributed by atoms with van der Waals surface area (Å²) in [5.74, 6) is -1.13. The standard InChI is InChI=1S/C39H33N3O4S/c1-26-11-9-10-16-31(26)25-35(42-37(44)30-14-7-4-8-15-30)38(45)40-33-21-23-34(24-22-33)47-36(29-12-5-3-6-13-29)39(46)41-32-19-17-28(18-20-32)27(2)43/h3-25,36H,1-2H3,(H,40,45)(H,41,46)(H,42,44)/b35-25-. The van der Waals surface area contributed by atoms with Gasteiger partial charge >= 0.3 is 0 Å². The molecule has 0 aliphatic heterocycles. The molecule has 47 heavy (non-hydrogen) atoms. The maximum atomic E-state index is 13.5. The Labute approximate surface area is 278 Å². The normalized spacial score (nSPS) is 11.7. The SMILES string of the molecule is CC(=O)c1ccc(NC(=O)C(Sc2ccc(NC(=O)/C(=C/c3ccccc3C)NC(=O)c3ccccc3)cc2)c2ccccc2)cc1. The molecule has 0 bridgehead atoms. The Balaban J connectivity index is 1.32. The molecule has 0 saturated carbocycles. The first kappa shape index (κ1) is 32.7. The Morgan fingerprint density at radius 2 is 1.21 bits per heavy atom. The quantitative estimate of drug-likeness (QED) is 0.0770. The lowest BCUT2D eigenvalue weighted by Gasteiger charge is -2.18. The van der Waals surface area contributed by atoms with Crippen molar-refractivity contribution < 1.29 is 19.2 Å². The zero-order valence-corrected chi connectivity index (χ0v) is 26.7. The van der Waals surface area contributed by atoms with E-state index in [0.29, 0.717) is 22.5 Å². The molecule has 5 aromatic carbocycles. The number of aryl methyl sites for hydroxylation is 1. The molecule has 8 heteroatoms. The van der Waals surface area contributed by atoms with Crippen LogP contribution in [0.15, 0.2) is 144 Å². The second kappa shape index (κ2) is 15.5. The van der Waals surface area contributed by atoms with Gasteiger partial charge in [0, 0.05) is 27.4 Å². The highest BCUT2D eigenvalue weighted by molar-refractivity contribution is 8.00. The Hall–Kier alpha value is -5.73. The van der Waals surface area contributed by atoms with Crippen LogP contribution in [0.25, 0.3) is 6.08 Å². The molecule has 0 fully saturated rings. The highest BCUT2D eigenvalue weighted by atomic mass is 32.2. The molecule has 0 spiro atoms. The van der Waals surface area contributed by atoms with Gasteiger partial charge in [0.25, 0.3) is 11.8 Å². The number of hydrogen-bond donors (Lipinski definition) is 3. The van der Waals surface area contributed by atoms with Crippen molar-refractivity contribution in [1.82, 2.24) is 5.32 Å². The molecular weight excluding hydrogens is 607 g/mol. The summed E-state index contributed by atoms with van der Waals surface area (Å²) in [6.07, 6.45) is 1.66. The first-order chi connectivity index (χ1) is 22.8. The van der Waals surface area contributed by atoms with E-state index < -0.39 is 17.1 Å². The van der Waals surface area contributed by atoms with E-state index in [9.17, 15) is 19.2 Å². The van der Waals surface area contributed by atoms with Crippen molar-refractivity contribution in [1.29, 1.82) is 0 Å². The number of rotatable bonds is 11. The lowest BCUT2D eigenvalue weighted by molar-refractivity contribution is -0.116. The van der Waals surface area contributed by atoms with Gasteiger partial charge in [-0.05, 0) is 97.3 Å². The van der Waals surface area contributed by atoms with Crippen LogP contribution in [0.2, 0.25) is 0 Å². The van der Waals surface area contributed by atoms with Gasteiger partial charge in [0.05, 0.1) is 0 Å². The predicted molar refractivity (Wildman–Crippen MR) is 188 cm³/mol. The third-order valence-electron chi connectivity index (χ3n) is 7.28. The minimum atomic E-state index is -0.569. The van der Waals surface area contributed by atoms with E-state index in [4.69, 9.17) is 0 Å². The number of hydrogen-bond acceptors (Lipinski definition) is 5. The summed E-state index contributed by atoms with van der Waals surface area (Å²) in [4.78, 5) is 52.4. The number of ketones is 1. The molecule has 3 N–H and O–H groups in total. The Morgan fingerprint density at radius 3 is 1.85 bits per heavy atom. The van der Waals surface area contributed by atoms with E-state index in [2.05, 4.69) is 16.0 Å². The molecule has 1 atom stereocenters. The summed E-state index contributed by atoms with van der Waals surface area (Å²) in [5, 5.41) is 8.05. The molecule has 0 heterocycles. The topological polar surface area (TPSA) is 104 Å². The van der Waals surface area contributed by atoms with E-state index in [1.54, 1.807) is 66.7 Å². The molecule has 234 valence electrons. The molecule has 0 aromatic heterocycles. The largest absolute Gasteiger partial charge is 0.325 e. The van der Waals surface area contributed by atoms with Crippen LogP contribution in [-0.4, -0.2) is 23.5 Å². The van der Waals surface area contributed by atoms with Gasteiger partial charge in [-0.1, -0.05) is 72.8 Å². The fourth-order valence-electron chi connectivity index (χ4n) is 4.69. The smallest absolute Gasteiger partial charge is 0.272 e. The van der Waals surface area contributed by atoms with Crippen LogP contribution in [0.5, 0.6) is 0 Å². The van der Waals surface area contributed by atoms with Crippen LogP contribution < -0.4 is 16.0 Å². The molecule has 0 radical (unpaired) electrons. The maximum absolute atomic E-state index is 13.5. The summed E-state index contributed by atoms with van der Waals surface area (Å²) in [5.41, 5.74) is 4.80. The van der Waals surface area contributed by atoms with Crippen molar-refractivity contribution in [3.63, 3.8) is 0 Å². The van der Waals surface area contributed by atoms with Gasteiger partial charge in [-0.25, -0.2) is 0 Å². The van der Waals surface area contributed by atoms with E-state index in [0.717, 1.165) is 21.6 Å². The van der Waals surface area contributed by atoms with Gasteiger partial charge in [0.15, 0.2) is 5.78 Å². The van der Waals surface area contributed by atoms with E-state index in [1.807, 2.05) is 79.7 Å². The average Bonchev–Trinajstić information content (AvgIpc) is 3.09. The average molecular weight is 640 g/mol. The number of anilines is 2. The molecule has 7 nitrogen and oxygen atoms in total. The second-order valence-electron chi connectivity index (χ2n) is 10.7. The summed E-state index contributed by atoms with van der Waals surface area (Å²) in [6.45, 7) is 3.43. The number of carbonyl (C=O) groups excluding carboxylic acids is 4. The lowest BCUT2D eigenvalue weighted by atomic mass is 10.1. The van der Waals surface area contributed by atoms with Crippen LogP contribution in [0.3, 0.4) is 0 Å². The highest BCUT2D eigenvalue weighted by Gasteiger charge is 2.23. The number of benzene rings is 5. The van der Waals surface area contributed by atoms with Crippen molar-refractivity contribution in [2.24, 2.45) is 0 Å². The zero-order valence-electron chi connectivity index (χ0n) is 25.9. The summed E-state index contributed by atoms with van der Waals surface area (Å²) in [6, 6.07) is 39.7. The number of thioether (sulfide) groups is 1. The molecule has 0 aliphatic carbocycles. The third kappa shape index (κ3) is 8.93. The van der Waals surface area contributed by atoms with Crippen molar-refractivity contribution in [2.45, 2.75) is 24.0 Å². The van der Waals surface area contributed by atoms with E-state index in [-0.39, 0.29) is 17.4 Å². The van der Waals surface area contributed by atoms with Crippen LogP contribution in [0.4, 0.5) is 11.4 Å². The first-order valence-corrected chi connectivity index (χ1v) is 15.8.